The van der Waals surface area contributed by atoms with Gasteiger partial charge in [-0.25, -0.2) is 9.59 Å². The fourth-order valence-electron chi connectivity index (χ4n) is 1.52. The molecule has 1 aliphatic carbocycles. The van der Waals surface area contributed by atoms with Crippen molar-refractivity contribution in [3.05, 3.63) is 21.2 Å². The largest absolute Gasteiger partial charge is 0.466 e. The predicted octanol–water partition coefficient (Wildman–Crippen LogP) is 2.09. The first-order valence-corrected chi connectivity index (χ1v) is 5.53. The van der Waals surface area contributed by atoms with Crippen molar-refractivity contribution in [2.24, 2.45) is 0 Å². The minimum Gasteiger partial charge on any atom is -0.466 e. The highest BCUT2D eigenvalue weighted by molar-refractivity contribution is 9.11. The number of rotatable bonds is 2. The Morgan fingerprint density at radius 3 is 1.94 bits per heavy atom. The quantitative estimate of drug-likeness (QED) is 0.730. The number of hydrogen-bond acceptors (Lipinski definition) is 4. The van der Waals surface area contributed by atoms with E-state index in [0.717, 1.165) is 10.1 Å². The van der Waals surface area contributed by atoms with Crippen LogP contribution in [0.5, 0.6) is 0 Å². The van der Waals surface area contributed by atoms with Gasteiger partial charge in [0.1, 0.15) is 0 Å². The van der Waals surface area contributed by atoms with E-state index in [1.54, 1.807) is 0 Å². The van der Waals surface area contributed by atoms with E-state index >= 15 is 0 Å². The molecule has 1 aliphatic rings. The monoisotopic (exact) mass is 288 g/mol. The number of allylic oxidation sites excluding steroid dienone is 2. The highest BCUT2D eigenvalue weighted by atomic mass is 79.9. The second-order valence-electron chi connectivity index (χ2n) is 3.48. The van der Waals surface area contributed by atoms with Crippen molar-refractivity contribution >= 4 is 27.9 Å². The zero-order chi connectivity index (χ0) is 12.3. The summed E-state index contributed by atoms with van der Waals surface area (Å²) in [5.74, 6) is -0.954. The third kappa shape index (κ3) is 2.52. The molecule has 0 aromatic heterocycles. The average molecular weight is 289 g/mol. The molecular formula is C11H13BrO4. The standard InChI is InChI=1S/C11H13BrO4/c1-6-4-7(10(13)15-2)8(5-9(6)12)11(14)16-3/h4-5H2,1-3H3. The lowest BCUT2D eigenvalue weighted by Gasteiger charge is -2.18. The summed E-state index contributed by atoms with van der Waals surface area (Å²) in [5.41, 5.74) is 1.77. The van der Waals surface area contributed by atoms with E-state index in [1.165, 1.54) is 14.2 Å². The van der Waals surface area contributed by atoms with Crippen molar-refractivity contribution in [2.75, 3.05) is 14.2 Å². The molecule has 0 radical (unpaired) electrons. The molecule has 5 heteroatoms. The van der Waals surface area contributed by atoms with E-state index < -0.39 is 11.9 Å². The summed E-state index contributed by atoms with van der Waals surface area (Å²) in [7, 11) is 2.59. The Kier molecular flexibility index (Phi) is 4.29. The fourth-order valence-corrected chi connectivity index (χ4v) is 1.94. The molecule has 0 bridgehead atoms. The molecule has 0 amide bonds. The minimum atomic E-state index is -0.482. The topological polar surface area (TPSA) is 52.6 Å². The molecule has 0 N–H and O–H groups in total. The molecular weight excluding hydrogens is 276 g/mol. The number of esters is 2. The normalized spacial score (nSPS) is 16.2. The Balaban J connectivity index is 3.12. The van der Waals surface area contributed by atoms with Crippen LogP contribution in [-0.2, 0) is 19.1 Å². The van der Waals surface area contributed by atoms with Gasteiger partial charge in [-0.1, -0.05) is 21.5 Å². The number of methoxy groups -OCH3 is 2. The number of halogens is 1. The van der Waals surface area contributed by atoms with Crippen molar-refractivity contribution in [3.63, 3.8) is 0 Å². The molecule has 0 unspecified atom stereocenters. The maximum absolute atomic E-state index is 11.5. The highest BCUT2D eigenvalue weighted by Gasteiger charge is 2.27. The maximum atomic E-state index is 11.5. The molecule has 0 aromatic carbocycles. The van der Waals surface area contributed by atoms with Gasteiger partial charge < -0.3 is 9.47 Å². The first kappa shape index (κ1) is 13.0. The van der Waals surface area contributed by atoms with Gasteiger partial charge in [-0.05, 0) is 11.4 Å². The lowest BCUT2D eigenvalue weighted by Crippen LogP contribution is -2.18. The molecule has 0 fully saturated rings. The van der Waals surface area contributed by atoms with E-state index in [9.17, 15) is 9.59 Å². The van der Waals surface area contributed by atoms with Gasteiger partial charge in [0.05, 0.1) is 25.4 Å². The Bertz CT molecular complexity index is 357. The zero-order valence-electron chi connectivity index (χ0n) is 9.43. The third-order valence-electron chi connectivity index (χ3n) is 2.46. The van der Waals surface area contributed by atoms with Gasteiger partial charge in [-0.2, -0.15) is 0 Å². The molecule has 88 valence electrons. The lowest BCUT2D eigenvalue weighted by molar-refractivity contribution is -0.139. The smallest absolute Gasteiger partial charge is 0.334 e. The van der Waals surface area contributed by atoms with Gasteiger partial charge in [-0.15, -0.1) is 0 Å². The van der Waals surface area contributed by atoms with Gasteiger partial charge in [0.25, 0.3) is 0 Å². The molecule has 0 saturated carbocycles. The Morgan fingerprint density at radius 1 is 1.06 bits per heavy atom. The van der Waals surface area contributed by atoms with E-state index in [2.05, 4.69) is 25.4 Å². The molecule has 0 atom stereocenters. The molecule has 0 heterocycles. The predicted molar refractivity (Wildman–Crippen MR) is 61.9 cm³/mol. The van der Waals surface area contributed by atoms with Crippen LogP contribution in [0.3, 0.4) is 0 Å². The van der Waals surface area contributed by atoms with Crippen LogP contribution in [0.25, 0.3) is 0 Å². The van der Waals surface area contributed by atoms with Crippen molar-refractivity contribution < 1.29 is 19.1 Å². The number of hydrogen-bond donors (Lipinski definition) is 0. The SMILES string of the molecule is COC(=O)C1=C(C(=O)OC)CC(Br)=C(C)C1. The van der Waals surface area contributed by atoms with Crippen molar-refractivity contribution in [2.45, 2.75) is 19.8 Å². The highest BCUT2D eigenvalue weighted by Crippen LogP contribution is 2.34. The van der Waals surface area contributed by atoms with Crippen molar-refractivity contribution in [1.82, 2.24) is 0 Å². The molecule has 0 aliphatic heterocycles. The average Bonchev–Trinajstić information content (AvgIpc) is 2.30. The van der Waals surface area contributed by atoms with Gasteiger partial charge in [-0.3, -0.25) is 0 Å². The van der Waals surface area contributed by atoms with Crippen LogP contribution in [0, 0.1) is 0 Å². The molecule has 0 saturated heterocycles. The van der Waals surface area contributed by atoms with E-state index in [0.29, 0.717) is 24.0 Å². The summed E-state index contributed by atoms with van der Waals surface area (Å²) in [4.78, 5) is 23.0. The van der Waals surface area contributed by atoms with Crippen LogP contribution >= 0.6 is 15.9 Å². The Hall–Kier alpha value is -1.10. The van der Waals surface area contributed by atoms with E-state index in [4.69, 9.17) is 0 Å². The molecule has 0 aromatic rings. The number of carbonyl (C=O) groups is 2. The second-order valence-corrected chi connectivity index (χ2v) is 4.44. The summed E-state index contributed by atoms with van der Waals surface area (Å²) in [6.07, 6.45) is 0.792. The Labute approximate surface area is 102 Å². The molecule has 16 heavy (non-hydrogen) atoms. The van der Waals surface area contributed by atoms with E-state index in [-0.39, 0.29) is 0 Å². The van der Waals surface area contributed by atoms with E-state index in [1.807, 2.05) is 6.92 Å². The first-order chi connectivity index (χ1) is 7.51. The maximum Gasteiger partial charge on any atom is 0.334 e. The van der Waals surface area contributed by atoms with Gasteiger partial charge in [0.15, 0.2) is 0 Å². The van der Waals surface area contributed by atoms with Crippen LogP contribution in [0.1, 0.15) is 19.8 Å². The number of carbonyl (C=O) groups excluding carboxylic acids is 2. The summed E-state index contributed by atoms with van der Waals surface area (Å²) in [5, 5.41) is 0. The molecule has 4 nitrogen and oxygen atoms in total. The van der Waals surface area contributed by atoms with Crippen molar-refractivity contribution in [1.29, 1.82) is 0 Å². The Morgan fingerprint density at radius 2 is 1.50 bits per heavy atom. The number of ether oxygens (including phenoxy) is 2. The lowest BCUT2D eigenvalue weighted by atomic mass is 9.92. The summed E-state index contributed by atoms with van der Waals surface area (Å²) >= 11 is 3.38. The van der Waals surface area contributed by atoms with Gasteiger partial charge in [0.2, 0.25) is 0 Å². The van der Waals surface area contributed by atoms with Gasteiger partial charge >= 0.3 is 11.9 Å². The third-order valence-corrected chi connectivity index (χ3v) is 3.42. The van der Waals surface area contributed by atoms with Crippen LogP contribution in [-0.4, -0.2) is 26.2 Å². The van der Waals surface area contributed by atoms with Crippen LogP contribution < -0.4 is 0 Å². The van der Waals surface area contributed by atoms with Crippen LogP contribution in [0.4, 0.5) is 0 Å². The summed E-state index contributed by atoms with van der Waals surface area (Å²) in [6, 6.07) is 0. The van der Waals surface area contributed by atoms with Crippen LogP contribution in [0.2, 0.25) is 0 Å². The fraction of sp³-hybridized carbons (Fsp3) is 0.455. The van der Waals surface area contributed by atoms with Crippen LogP contribution in [0.15, 0.2) is 21.2 Å². The van der Waals surface area contributed by atoms with Gasteiger partial charge in [0, 0.05) is 12.8 Å². The summed E-state index contributed by atoms with van der Waals surface area (Å²) < 4.78 is 10.2. The molecule has 0 spiro atoms. The summed E-state index contributed by atoms with van der Waals surface area (Å²) in [6.45, 7) is 1.90. The van der Waals surface area contributed by atoms with Crippen molar-refractivity contribution in [3.8, 4) is 0 Å². The minimum absolute atomic E-state index is 0.367. The molecule has 1 rings (SSSR count). The zero-order valence-corrected chi connectivity index (χ0v) is 11.0. The first-order valence-electron chi connectivity index (χ1n) is 4.74. The second kappa shape index (κ2) is 5.30.